The molecule has 2 aliphatic rings. The number of anilines is 1. The number of nitrogens with zero attached hydrogens (tertiary/aromatic N) is 3. The number of amides is 1. The Morgan fingerprint density at radius 3 is 2.94 bits per heavy atom. The van der Waals surface area contributed by atoms with E-state index >= 15 is 0 Å². The number of hydrogen-bond acceptors (Lipinski definition) is 3. The number of aromatic nitrogens is 2. The van der Waals surface area contributed by atoms with Gasteiger partial charge in [0, 0.05) is 18.2 Å². The van der Waals surface area contributed by atoms with Gasteiger partial charge in [-0.2, -0.15) is 9.37 Å². The SMILES string of the molecule is CC1(C2CC2)CCC(=O)N1c1ccnc(F)n1. The van der Waals surface area contributed by atoms with Gasteiger partial charge in [-0.3, -0.25) is 9.69 Å². The molecular formula is C12H14FN3O. The van der Waals surface area contributed by atoms with Gasteiger partial charge in [0.15, 0.2) is 0 Å². The molecule has 5 heteroatoms. The molecule has 1 amide bonds. The Labute approximate surface area is 98.9 Å². The minimum absolute atomic E-state index is 0.0394. The molecule has 1 aliphatic heterocycles. The Morgan fingerprint density at radius 2 is 2.29 bits per heavy atom. The Bertz CT molecular complexity index is 475. The summed E-state index contributed by atoms with van der Waals surface area (Å²) in [6, 6.07) is 1.60. The lowest BCUT2D eigenvalue weighted by atomic mass is 9.92. The van der Waals surface area contributed by atoms with Crippen LogP contribution in [-0.2, 0) is 4.79 Å². The van der Waals surface area contributed by atoms with Crippen molar-refractivity contribution < 1.29 is 9.18 Å². The van der Waals surface area contributed by atoms with Crippen molar-refractivity contribution in [3.8, 4) is 0 Å². The monoisotopic (exact) mass is 235 g/mol. The Balaban J connectivity index is 2.01. The van der Waals surface area contributed by atoms with Gasteiger partial charge in [0.2, 0.25) is 5.91 Å². The molecule has 0 radical (unpaired) electrons. The number of halogens is 1. The molecule has 1 saturated carbocycles. The average Bonchev–Trinajstić information content (AvgIpc) is 3.07. The van der Waals surface area contributed by atoms with Crippen LogP contribution < -0.4 is 4.90 Å². The molecule has 1 atom stereocenters. The lowest BCUT2D eigenvalue weighted by Crippen LogP contribution is -2.46. The molecule has 1 aromatic heterocycles. The summed E-state index contributed by atoms with van der Waals surface area (Å²) in [6.45, 7) is 2.08. The van der Waals surface area contributed by atoms with E-state index in [2.05, 4.69) is 16.9 Å². The second-order valence-electron chi connectivity index (χ2n) is 5.04. The van der Waals surface area contributed by atoms with Gasteiger partial charge >= 0.3 is 6.08 Å². The molecule has 90 valence electrons. The molecule has 2 heterocycles. The van der Waals surface area contributed by atoms with Crippen LogP contribution in [0.25, 0.3) is 0 Å². The van der Waals surface area contributed by atoms with Gasteiger partial charge < -0.3 is 0 Å². The maximum Gasteiger partial charge on any atom is 0.310 e. The zero-order valence-electron chi connectivity index (χ0n) is 9.69. The molecule has 0 N–H and O–H groups in total. The van der Waals surface area contributed by atoms with E-state index in [-0.39, 0.29) is 11.4 Å². The zero-order chi connectivity index (χ0) is 12.0. The molecule has 0 bridgehead atoms. The van der Waals surface area contributed by atoms with Crippen LogP contribution in [0, 0.1) is 12.0 Å². The Hall–Kier alpha value is -1.52. The summed E-state index contributed by atoms with van der Waals surface area (Å²) in [7, 11) is 0. The van der Waals surface area contributed by atoms with Crippen molar-refractivity contribution in [2.24, 2.45) is 5.92 Å². The van der Waals surface area contributed by atoms with Crippen molar-refractivity contribution in [3.63, 3.8) is 0 Å². The highest BCUT2D eigenvalue weighted by Crippen LogP contribution is 2.49. The highest BCUT2D eigenvalue weighted by atomic mass is 19.1. The van der Waals surface area contributed by atoms with Crippen LogP contribution in [0.5, 0.6) is 0 Å². The molecule has 4 nitrogen and oxygen atoms in total. The second-order valence-corrected chi connectivity index (χ2v) is 5.04. The summed E-state index contributed by atoms with van der Waals surface area (Å²) in [6.07, 6.45) is 4.24. The Kier molecular flexibility index (Phi) is 2.18. The molecule has 1 saturated heterocycles. The van der Waals surface area contributed by atoms with Crippen molar-refractivity contribution >= 4 is 11.7 Å². The van der Waals surface area contributed by atoms with E-state index < -0.39 is 6.08 Å². The van der Waals surface area contributed by atoms with Gasteiger partial charge in [-0.05, 0) is 38.2 Å². The van der Waals surface area contributed by atoms with E-state index in [4.69, 9.17) is 0 Å². The van der Waals surface area contributed by atoms with Gasteiger partial charge in [-0.25, -0.2) is 4.98 Å². The zero-order valence-corrected chi connectivity index (χ0v) is 9.69. The summed E-state index contributed by atoms with van der Waals surface area (Å²) in [5, 5.41) is 0. The highest BCUT2D eigenvalue weighted by molar-refractivity contribution is 5.96. The number of carbonyl (C=O) groups is 1. The first-order valence-corrected chi connectivity index (χ1v) is 5.93. The highest BCUT2D eigenvalue weighted by Gasteiger charge is 2.52. The van der Waals surface area contributed by atoms with Crippen LogP contribution in [0.15, 0.2) is 12.3 Å². The van der Waals surface area contributed by atoms with Crippen molar-refractivity contribution in [2.45, 2.75) is 38.1 Å². The summed E-state index contributed by atoms with van der Waals surface area (Å²) < 4.78 is 13.1. The van der Waals surface area contributed by atoms with Crippen LogP contribution >= 0.6 is 0 Å². The second kappa shape index (κ2) is 3.48. The van der Waals surface area contributed by atoms with Gasteiger partial charge in [-0.15, -0.1) is 0 Å². The van der Waals surface area contributed by atoms with E-state index in [1.165, 1.54) is 6.20 Å². The van der Waals surface area contributed by atoms with Crippen LogP contribution in [0.1, 0.15) is 32.6 Å². The molecule has 1 unspecified atom stereocenters. The van der Waals surface area contributed by atoms with Gasteiger partial charge in [0.25, 0.3) is 0 Å². The summed E-state index contributed by atoms with van der Waals surface area (Å²) in [5.74, 6) is 0.971. The van der Waals surface area contributed by atoms with Crippen molar-refractivity contribution in [1.29, 1.82) is 0 Å². The number of rotatable bonds is 2. The van der Waals surface area contributed by atoms with Crippen molar-refractivity contribution in [2.75, 3.05) is 4.90 Å². The van der Waals surface area contributed by atoms with Crippen LogP contribution in [-0.4, -0.2) is 21.4 Å². The van der Waals surface area contributed by atoms with E-state index in [1.54, 1.807) is 11.0 Å². The summed E-state index contributed by atoms with van der Waals surface area (Å²) >= 11 is 0. The van der Waals surface area contributed by atoms with Crippen molar-refractivity contribution in [3.05, 3.63) is 18.3 Å². The summed E-state index contributed by atoms with van der Waals surface area (Å²) in [5.41, 5.74) is -0.183. The van der Waals surface area contributed by atoms with Crippen LogP contribution in [0.2, 0.25) is 0 Å². The van der Waals surface area contributed by atoms with Gasteiger partial charge in [0.05, 0.1) is 0 Å². The van der Waals surface area contributed by atoms with E-state index in [0.717, 1.165) is 19.3 Å². The van der Waals surface area contributed by atoms with Crippen molar-refractivity contribution in [1.82, 2.24) is 9.97 Å². The number of hydrogen-bond donors (Lipinski definition) is 0. The molecule has 0 aromatic carbocycles. The van der Waals surface area contributed by atoms with E-state index in [9.17, 15) is 9.18 Å². The fourth-order valence-corrected chi connectivity index (χ4v) is 2.80. The predicted octanol–water partition coefficient (Wildman–Crippen LogP) is 1.91. The first-order valence-electron chi connectivity index (χ1n) is 5.93. The summed E-state index contributed by atoms with van der Waals surface area (Å²) in [4.78, 5) is 20.8. The molecule has 1 aliphatic carbocycles. The minimum atomic E-state index is -0.777. The number of carbonyl (C=O) groups excluding carboxylic acids is 1. The maximum absolute atomic E-state index is 13.1. The average molecular weight is 235 g/mol. The third kappa shape index (κ3) is 1.61. The van der Waals surface area contributed by atoms with Crippen LogP contribution in [0.3, 0.4) is 0 Å². The normalized spacial score (nSPS) is 28.8. The van der Waals surface area contributed by atoms with Gasteiger partial charge in [-0.1, -0.05) is 0 Å². The molecule has 2 fully saturated rings. The minimum Gasteiger partial charge on any atom is -0.290 e. The molecule has 0 spiro atoms. The predicted molar refractivity (Wildman–Crippen MR) is 59.8 cm³/mol. The molecule has 3 rings (SSSR count). The smallest absolute Gasteiger partial charge is 0.290 e. The van der Waals surface area contributed by atoms with E-state index in [0.29, 0.717) is 18.2 Å². The first kappa shape index (κ1) is 10.6. The van der Waals surface area contributed by atoms with E-state index in [1.807, 2.05) is 0 Å². The topological polar surface area (TPSA) is 46.1 Å². The quantitative estimate of drug-likeness (QED) is 0.735. The molecular weight excluding hydrogens is 221 g/mol. The standard InChI is InChI=1S/C12H14FN3O/c1-12(8-2-3-8)6-4-10(17)16(12)9-5-7-14-11(13)15-9/h5,7-8H,2-4,6H2,1H3. The lowest BCUT2D eigenvalue weighted by Gasteiger charge is -2.34. The largest absolute Gasteiger partial charge is 0.310 e. The fourth-order valence-electron chi connectivity index (χ4n) is 2.80. The lowest BCUT2D eigenvalue weighted by molar-refractivity contribution is -0.117. The third-order valence-electron chi connectivity index (χ3n) is 3.90. The first-order chi connectivity index (χ1) is 8.11. The maximum atomic E-state index is 13.1. The molecule has 1 aromatic rings. The molecule has 17 heavy (non-hydrogen) atoms. The third-order valence-corrected chi connectivity index (χ3v) is 3.90. The van der Waals surface area contributed by atoms with Gasteiger partial charge in [0.1, 0.15) is 5.82 Å². The fraction of sp³-hybridized carbons (Fsp3) is 0.583. The Morgan fingerprint density at radius 1 is 1.53 bits per heavy atom. The van der Waals surface area contributed by atoms with Crippen LogP contribution in [0.4, 0.5) is 10.2 Å².